The molecule has 0 fully saturated rings. The zero-order chi connectivity index (χ0) is 18.1. The Morgan fingerprint density at radius 1 is 1.08 bits per heavy atom. The summed E-state index contributed by atoms with van der Waals surface area (Å²) in [5, 5.41) is 17.1. The number of likely N-dealkylation sites (N-methyl/N-ethyl adjacent to an activating group) is 1. The number of thiophene rings is 2. The van der Waals surface area contributed by atoms with E-state index < -0.39 is 6.10 Å². The molecule has 132 valence electrons. The number of hydrogen-bond donors (Lipinski definition) is 1. The zero-order valence-electron chi connectivity index (χ0n) is 14.6. The summed E-state index contributed by atoms with van der Waals surface area (Å²) >= 11 is 3.27. The van der Waals surface area contributed by atoms with Gasteiger partial charge in [0.15, 0.2) is 5.82 Å². The largest absolute Gasteiger partial charge is 0.392 e. The van der Waals surface area contributed by atoms with Gasteiger partial charge in [0.05, 0.1) is 11.5 Å². The highest BCUT2D eigenvalue weighted by Crippen LogP contribution is 2.39. The van der Waals surface area contributed by atoms with Crippen LogP contribution in [0.1, 0.15) is 6.92 Å². The Balaban J connectivity index is 1.94. The van der Waals surface area contributed by atoms with Crippen LogP contribution in [0.4, 0.5) is 5.82 Å². The predicted molar refractivity (Wildman–Crippen MR) is 111 cm³/mol. The van der Waals surface area contributed by atoms with E-state index in [4.69, 9.17) is 9.97 Å². The molecular formula is C20H19N3OS2. The maximum atomic E-state index is 9.87. The molecule has 1 N–H and O–H groups in total. The molecule has 0 saturated heterocycles. The second kappa shape index (κ2) is 7.15. The van der Waals surface area contributed by atoms with Gasteiger partial charge in [-0.25, -0.2) is 9.97 Å². The second-order valence-corrected chi connectivity index (χ2v) is 7.95. The van der Waals surface area contributed by atoms with Crippen molar-refractivity contribution in [3.05, 3.63) is 52.5 Å². The van der Waals surface area contributed by atoms with Crippen molar-refractivity contribution in [3.63, 3.8) is 0 Å². The van der Waals surface area contributed by atoms with Crippen LogP contribution in [-0.2, 0) is 0 Å². The first-order valence-corrected chi connectivity index (χ1v) is 10.2. The number of aromatic nitrogens is 2. The van der Waals surface area contributed by atoms with Gasteiger partial charge in [0.1, 0.15) is 10.6 Å². The summed E-state index contributed by atoms with van der Waals surface area (Å²) in [6.45, 7) is 2.31. The fourth-order valence-electron chi connectivity index (χ4n) is 3.03. The average molecular weight is 382 g/mol. The van der Waals surface area contributed by atoms with Gasteiger partial charge in [-0.15, -0.1) is 11.3 Å². The lowest BCUT2D eigenvalue weighted by atomic mass is 10.1. The van der Waals surface area contributed by atoms with Crippen molar-refractivity contribution in [2.45, 2.75) is 13.0 Å². The minimum atomic E-state index is -0.437. The third-order valence-electron chi connectivity index (χ3n) is 4.18. The number of nitrogens with zero attached hydrogens (tertiary/aromatic N) is 3. The SMILES string of the molecule is CC(O)CN(C)c1nc(-c2ccsc2)nc2scc(-c3ccccc3)c12. The number of fused-ring (bicyclic) bond motifs is 1. The number of benzene rings is 1. The smallest absolute Gasteiger partial charge is 0.163 e. The highest BCUT2D eigenvalue weighted by molar-refractivity contribution is 7.17. The Hall–Kier alpha value is -2.28. The molecule has 0 bridgehead atoms. The Kier molecular flexibility index (Phi) is 4.72. The van der Waals surface area contributed by atoms with E-state index in [-0.39, 0.29) is 0 Å². The Morgan fingerprint density at radius 3 is 2.58 bits per heavy atom. The Labute approximate surface area is 160 Å². The van der Waals surface area contributed by atoms with E-state index >= 15 is 0 Å². The molecule has 6 heteroatoms. The molecule has 0 aliphatic carbocycles. The molecule has 4 rings (SSSR count). The van der Waals surface area contributed by atoms with E-state index in [2.05, 4.69) is 22.9 Å². The van der Waals surface area contributed by atoms with Gasteiger partial charge in [0.25, 0.3) is 0 Å². The molecule has 0 aliphatic rings. The lowest BCUT2D eigenvalue weighted by Crippen LogP contribution is -2.28. The van der Waals surface area contributed by atoms with Crippen LogP contribution in [0.15, 0.2) is 52.5 Å². The van der Waals surface area contributed by atoms with Gasteiger partial charge in [-0.05, 0) is 23.9 Å². The topological polar surface area (TPSA) is 49.2 Å². The second-order valence-electron chi connectivity index (χ2n) is 6.31. The number of aliphatic hydroxyl groups excluding tert-OH is 1. The van der Waals surface area contributed by atoms with Crippen molar-refractivity contribution in [1.82, 2.24) is 9.97 Å². The Bertz CT molecular complexity index is 1010. The minimum Gasteiger partial charge on any atom is -0.392 e. The van der Waals surface area contributed by atoms with Crippen molar-refractivity contribution < 1.29 is 5.11 Å². The zero-order valence-corrected chi connectivity index (χ0v) is 16.2. The molecule has 1 unspecified atom stereocenters. The molecule has 1 atom stereocenters. The van der Waals surface area contributed by atoms with Crippen LogP contribution in [0.25, 0.3) is 32.7 Å². The van der Waals surface area contributed by atoms with Gasteiger partial charge in [-0.2, -0.15) is 11.3 Å². The summed E-state index contributed by atoms with van der Waals surface area (Å²) in [7, 11) is 1.97. The van der Waals surface area contributed by atoms with Gasteiger partial charge in [-0.3, -0.25) is 0 Å². The molecule has 0 spiro atoms. The molecule has 1 aromatic carbocycles. The quantitative estimate of drug-likeness (QED) is 0.534. The van der Waals surface area contributed by atoms with Crippen LogP contribution in [0.3, 0.4) is 0 Å². The van der Waals surface area contributed by atoms with E-state index in [1.807, 2.05) is 41.6 Å². The number of aliphatic hydroxyl groups is 1. The van der Waals surface area contributed by atoms with Crippen molar-refractivity contribution in [3.8, 4) is 22.5 Å². The highest BCUT2D eigenvalue weighted by Gasteiger charge is 2.19. The van der Waals surface area contributed by atoms with Crippen LogP contribution in [0, 0.1) is 0 Å². The van der Waals surface area contributed by atoms with Crippen molar-refractivity contribution in [2.24, 2.45) is 0 Å². The summed E-state index contributed by atoms with van der Waals surface area (Å²) in [5.74, 6) is 1.59. The van der Waals surface area contributed by atoms with E-state index in [9.17, 15) is 5.11 Å². The molecule has 26 heavy (non-hydrogen) atoms. The lowest BCUT2D eigenvalue weighted by Gasteiger charge is -2.21. The van der Waals surface area contributed by atoms with Gasteiger partial charge >= 0.3 is 0 Å². The first-order chi connectivity index (χ1) is 12.6. The normalized spacial score (nSPS) is 12.4. The van der Waals surface area contributed by atoms with Crippen LogP contribution in [-0.4, -0.2) is 34.8 Å². The first kappa shape index (κ1) is 17.1. The molecule has 0 saturated carbocycles. The summed E-state index contributed by atoms with van der Waals surface area (Å²) in [6.07, 6.45) is -0.437. The number of hydrogen-bond acceptors (Lipinski definition) is 6. The van der Waals surface area contributed by atoms with Crippen LogP contribution in [0.5, 0.6) is 0 Å². The van der Waals surface area contributed by atoms with Crippen LogP contribution < -0.4 is 4.90 Å². The Morgan fingerprint density at radius 2 is 1.88 bits per heavy atom. The monoisotopic (exact) mass is 381 g/mol. The third-order valence-corrected chi connectivity index (χ3v) is 5.73. The highest BCUT2D eigenvalue weighted by atomic mass is 32.1. The third kappa shape index (κ3) is 3.23. The minimum absolute atomic E-state index is 0.437. The van der Waals surface area contributed by atoms with Crippen molar-refractivity contribution >= 4 is 38.7 Å². The number of anilines is 1. The summed E-state index contributed by atoms with van der Waals surface area (Å²) in [6, 6.07) is 12.3. The first-order valence-electron chi connectivity index (χ1n) is 8.40. The molecular weight excluding hydrogens is 362 g/mol. The maximum absolute atomic E-state index is 9.87. The van der Waals surface area contributed by atoms with Gasteiger partial charge in [-0.1, -0.05) is 30.3 Å². The molecule has 4 aromatic rings. The van der Waals surface area contributed by atoms with Gasteiger partial charge < -0.3 is 10.0 Å². The summed E-state index contributed by atoms with van der Waals surface area (Å²) < 4.78 is 0. The lowest BCUT2D eigenvalue weighted by molar-refractivity contribution is 0.201. The van der Waals surface area contributed by atoms with Crippen molar-refractivity contribution in [2.75, 3.05) is 18.5 Å². The number of rotatable bonds is 5. The molecule has 0 radical (unpaired) electrons. The van der Waals surface area contributed by atoms with Crippen LogP contribution >= 0.6 is 22.7 Å². The van der Waals surface area contributed by atoms with E-state index in [0.29, 0.717) is 6.54 Å². The summed E-state index contributed by atoms with van der Waals surface area (Å²) in [4.78, 5) is 12.7. The molecule has 0 amide bonds. The fraction of sp³-hybridized carbons (Fsp3) is 0.200. The maximum Gasteiger partial charge on any atom is 0.163 e. The molecule has 3 aromatic heterocycles. The van der Waals surface area contributed by atoms with E-state index in [0.717, 1.165) is 38.5 Å². The fourth-order valence-corrected chi connectivity index (χ4v) is 4.61. The van der Waals surface area contributed by atoms with E-state index in [1.54, 1.807) is 29.6 Å². The van der Waals surface area contributed by atoms with Crippen molar-refractivity contribution in [1.29, 1.82) is 0 Å². The average Bonchev–Trinajstić information content (AvgIpc) is 3.31. The predicted octanol–water partition coefficient (Wildman–Crippen LogP) is 4.90. The van der Waals surface area contributed by atoms with E-state index in [1.165, 1.54) is 0 Å². The molecule has 0 aliphatic heterocycles. The van der Waals surface area contributed by atoms with Gasteiger partial charge in [0.2, 0.25) is 0 Å². The van der Waals surface area contributed by atoms with Gasteiger partial charge in [0, 0.05) is 35.5 Å². The molecule has 3 heterocycles. The van der Waals surface area contributed by atoms with Crippen LogP contribution in [0.2, 0.25) is 0 Å². The standard InChI is InChI=1S/C20H19N3OS2/c1-13(24)10-23(2)19-17-16(14-6-4-3-5-7-14)12-26-20(17)22-18(21-19)15-8-9-25-11-15/h3-9,11-13,24H,10H2,1-2H3. The molecule has 4 nitrogen and oxygen atoms in total. The summed E-state index contributed by atoms with van der Waals surface area (Å²) in [5.41, 5.74) is 3.31.